The first kappa shape index (κ1) is 15.0. The maximum atomic E-state index is 12.0. The van der Waals surface area contributed by atoms with Crippen LogP contribution in [0, 0.1) is 0 Å². The summed E-state index contributed by atoms with van der Waals surface area (Å²) >= 11 is 0. The second kappa shape index (κ2) is 6.38. The van der Waals surface area contributed by atoms with Crippen LogP contribution >= 0.6 is 0 Å². The molecule has 7 heteroatoms. The smallest absolute Gasteiger partial charge is 0.328 e. The lowest BCUT2D eigenvalue weighted by molar-refractivity contribution is -0.131. The van der Waals surface area contributed by atoms with E-state index in [4.69, 9.17) is 9.52 Å². The van der Waals surface area contributed by atoms with Crippen LogP contribution in [0.15, 0.2) is 58.1 Å². The second-order valence-electron chi connectivity index (χ2n) is 4.14. The van der Waals surface area contributed by atoms with Crippen molar-refractivity contribution in [3.8, 4) is 0 Å². The highest BCUT2D eigenvalue weighted by molar-refractivity contribution is 7.89. The molecule has 0 unspecified atom stereocenters. The highest BCUT2D eigenvalue weighted by Gasteiger charge is 2.13. The molecule has 0 aliphatic rings. The summed E-state index contributed by atoms with van der Waals surface area (Å²) in [7, 11) is -3.63. The molecule has 2 rings (SSSR count). The van der Waals surface area contributed by atoms with Crippen LogP contribution < -0.4 is 4.72 Å². The number of furan rings is 1. The summed E-state index contributed by atoms with van der Waals surface area (Å²) in [5, 5.41) is 8.52. The molecule has 6 nitrogen and oxygen atoms in total. The molecule has 1 aromatic heterocycles. The normalized spacial score (nSPS) is 11.8. The van der Waals surface area contributed by atoms with Gasteiger partial charge in [-0.2, -0.15) is 0 Å². The Balaban J connectivity index is 2.08. The van der Waals surface area contributed by atoms with Crippen molar-refractivity contribution in [1.82, 2.24) is 4.72 Å². The lowest BCUT2D eigenvalue weighted by atomic mass is 10.2. The van der Waals surface area contributed by atoms with Crippen molar-refractivity contribution in [3.05, 3.63) is 60.1 Å². The number of sulfonamides is 1. The van der Waals surface area contributed by atoms with Gasteiger partial charge in [0.1, 0.15) is 5.76 Å². The summed E-state index contributed by atoms with van der Waals surface area (Å²) in [5.74, 6) is -0.550. The Bertz CT molecular complexity index is 730. The largest absolute Gasteiger partial charge is 0.478 e. The van der Waals surface area contributed by atoms with Gasteiger partial charge in [-0.25, -0.2) is 17.9 Å². The molecule has 0 aliphatic carbocycles. The molecule has 0 bridgehead atoms. The Labute approximate surface area is 121 Å². The Morgan fingerprint density at radius 3 is 2.52 bits per heavy atom. The van der Waals surface area contributed by atoms with Crippen molar-refractivity contribution in [2.24, 2.45) is 0 Å². The standard InChI is InChI=1S/C14H13NO5S/c16-14(17)8-5-11-3-6-13(7-4-11)21(18,19)15-10-12-2-1-9-20-12/h1-9,15H,10H2,(H,16,17)/b8-5+. The van der Waals surface area contributed by atoms with Crippen molar-refractivity contribution in [3.63, 3.8) is 0 Å². The van der Waals surface area contributed by atoms with Gasteiger partial charge in [-0.3, -0.25) is 0 Å². The minimum atomic E-state index is -3.63. The van der Waals surface area contributed by atoms with Gasteiger partial charge in [0.05, 0.1) is 17.7 Å². The SMILES string of the molecule is O=C(O)/C=C/c1ccc(S(=O)(=O)NCc2ccco2)cc1. The van der Waals surface area contributed by atoms with Gasteiger partial charge in [-0.1, -0.05) is 12.1 Å². The van der Waals surface area contributed by atoms with Crippen LogP contribution in [0.2, 0.25) is 0 Å². The first-order valence-corrected chi connectivity index (χ1v) is 7.49. The third kappa shape index (κ3) is 4.30. The number of benzene rings is 1. The van der Waals surface area contributed by atoms with Gasteiger partial charge in [0.2, 0.25) is 10.0 Å². The molecular weight excluding hydrogens is 294 g/mol. The number of nitrogens with one attached hydrogen (secondary N) is 1. The molecule has 0 atom stereocenters. The highest BCUT2D eigenvalue weighted by atomic mass is 32.2. The number of aliphatic carboxylic acids is 1. The van der Waals surface area contributed by atoms with E-state index in [-0.39, 0.29) is 11.4 Å². The molecule has 2 aromatic rings. The highest BCUT2D eigenvalue weighted by Crippen LogP contribution is 2.12. The summed E-state index contributed by atoms with van der Waals surface area (Å²) < 4.78 is 31.5. The second-order valence-corrected chi connectivity index (χ2v) is 5.91. The molecule has 1 heterocycles. The first-order chi connectivity index (χ1) is 9.97. The summed E-state index contributed by atoms with van der Waals surface area (Å²) in [6.45, 7) is 0.0655. The molecule has 1 aromatic carbocycles. The molecule has 0 radical (unpaired) electrons. The van der Waals surface area contributed by atoms with Crippen molar-refractivity contribution >= 4 is 22.1 Å². The molecule has 0 fully saturated rings. The van der Waals surface area contributed by atoms with Gasteiger partial charge in [-0.15, -0.1) is 0 Å². The number of hydrogen-bond donors (Lipinski definition) is 2. The van der Waals surface area contributed by atoms with E-state index in [0.717, 1.165) is 6.08 Å². The van der Waals surface area contributed by atoms with Crippen LogP contribution in [-0.2, 0) is 21.4 Å². The predicted molar refractivity (Wildman–Crippen MR) is 75.8 cm³/mol. The van der Waals surface area contributed by atoms with Crippen molar-refractivity contribution in [1.29, 1.82) is 0 Å². The lowest BCUT2D eigenvalue weighted by Gasteiger charge is -2.05. The van der Waals surface area contributed by atoms with Gasteiger partial charge in [-0.05, 0) is 35.9 Å². The average Bonchev–Trinajstić information content (AvgIpc) is 2.97. The number of carboxylic acids is 1. The quantitative estimate of drug-likeness (QED) is 0.794. The predicted octanol–water partition coefficient (Wildman–Crippen LogP) is 1.86. The van der Waals surface area contributed by atoms with Crippen molar-refractivity contribution in [2.75, 3.05) is 0 Å². The summed E-state index contributed by atoms with van der Waals surface area (Å²) in [6, 6.07) is 9.22. The number of carboxylic acid groups (broad SMARTS) is 1. The Kier molecular flexibility index (Phi) is 4.56. The Morgan fingerprint density at radius 2 is 1.95 bits per heavy atom. The molecule has 0 spiro atoms. The minimum absolute atomic E-state index is 0.0655. The molecule has 21 heavy (non-hydrogen) atoms. The summed E-state index contributed by atoms with van der Waals surface area (Å²) in [6.07, 6.45) is 3.83. The maximum Gasteiger partial charge on any atom is 0.328 e. The van der Waals surface area contributed by atoms with Gasteiger partial charge in [0, 0.05) is 6.08 Å². The van der Waals surface area contributed by atoms with Crippen LogP contribution in [0.3, 0.4) is 0 Å². The first-order valence-electron chi connectivity index (χ1n) is 6.00. The fraction of sp³-hybridized carbons (Fsp3) is 0.0714. The van der Waals surface area contributed by atoms with Gasteiger partial charge >= 0.3 is 5.97 Å². The Hall–Kier alpha value is -2.38. The zero-order valence-corrected chi connectivity index (χ0v) is 11.7. The minimum Gasteiger partial charge on any atom is -0.478 e. The average molecular weight is 307 g/mol. The van der Waals surface area contributed by atoms with Crippen LogP contribution in [0.5, 0.6) is 0 Å². The molecular formula is C14H13NO5S. The zero-order chi connectivity index (χ0) is 15.3. The number of carbonyl (C=O) groups is 1. The molecule has 2 N–H and O–H groups in total. The molecule has 0 amide bonds. The van der Waals surface area contributed by atoms with E-state index in [1.807, 2.05) is 0 Å². The lowest BCUT2D eigenvalue weighted by Crippen LogP contribution is -2.22. The van der Waals surface area contributed by atoms with E-state index < -0.39 is 16.0 Å². The molecule has 0 aliphatic heterocycles. The van der Waals surface area contributed by atoms with Gasteiger partial charge < -0.3 is 9.52 Å². The fourth-order valence-corrected chi connectivity index (χ4v) is 2.58. The maximum absolute atomic E-state index is 12.0. The third-order valence-corrected chi connectivity index (χ3v) is 4.04. The van der Waals surface area contributed by atoms with E-state index in [0.29, 0.717) is 11.3 Å². The topological polar surface area (TPSA) is 96.6 Å². The monoisotopic (exact) mass is 307 g/mol. The van der Waals surface area contributed by atoms with Crippen LogP contribution in [0.25, 0.3) is 6.08 Å². The molecule has 0 saturated heterocycles. The van der Waals surface area contributed by atoms with Crippen LogP contribution in [-0.4, -0.2) is 19.5 Å². The molecule has 0 saturated carbocycles. The van der Waals surface area contributed by atoms with Gasteiger partial charge in [0.25, 0.3) is 0 Å². The fourth-order valence-electron chi connectivity index (χ4n) is 1.59. The summed E-state index contributed by atoms with van der Waals surface area (Å²) in [5.41, 5.74) is 0.599. The van der Waals surface area contributed by atoms with Crippen molar-refractivity contribution in [2.45, 2.75) is 11.4 Å². The number of rotatable bonds is 6. The van der Waals surface area contributed by atoms with E-state index in [9.17, 15) is 13.2 Å². The zero-order valence-electron chi connectivity index (χ0n) is 10.9. The van der Waals surface area contributed by atoms with E-state index >= 15 is 0 Å². The van der Waals surface area contributed by atoms with Crippen molar-refractivity contribution < 1.29 is 22.7 Å². The van der Waals surface area contributed by atoms with E-state index in [1.54, 1.807) is 12.1 Å². The van der Waals surface area contributed by atoms with E-state index in [1.165, 1.54) is 36.6 Å². The van der Waals surface area contributed by atoms with Gasteiger partial charge in [0.15, 0.2) is 0 Å². The molecule has 110 valence electrons. The van der Waals surface area contributed by atoms with Crippen LogP contribution in [0.4, 0.5) is 0 Å². The number of hydrogen-bond acceptors (Lipinski definition) is 4. The van der Waals surface area contributed by atoms with E-state index in [2.05, 4.69) is 4.72 Å². The Morgan fingerprint density at radius 1 is 1.24 bits per heavy atom. The van der Waals surface area contributed by atoms with Crippen LogP contribution in [0.1, 0.15) is 11.3 Å². The summed E-state index contributed by atoms with van der Waals surface area (Å²) in [4.78, 5) is 10.5. The third-order valence-electron chi connectivity index (χ3n) is 2.63.